The van der Waals surface area contributed by atoms with E-state index in [9.17, 15) is 18.5 Å². The van der Waals surface area contributed by atoms with Crippen molar-refractivity contribution in [1.29, 1.82) is 5.26 Å². The average Bonchev–Trinajstić information content (AvgIpc) is 3.53. The number of aromatic nitrogens is 1. The molecule has 0 bridgehead atoms. The second-order valence-electron chi connectivity index (χ2n) is 12.9. The molecule has 1 amide bonds. The zero-order chi connectivity index (χ0) is 32.1. The molecule has 0 radical (unpaired) electrons. The van der Waals surface area contributed by atoms with Crippen LogP contribution in [0.1, 0.15) is 44.6 Å². The van der Waals surface area contributed by atoms with E-state index in [1.807, 2.05) is 37.3 Å². The van der Waals surface area contributed by atoms with Gasteiger partial charge in [0.25, 0.3) is 0 Å². The predicted octanol–water partition coefficient (Wildman–Crippen LogP) is 5.44. The molecule has 1 N–H and O–H groups in total. The third-order valence-electron chi connectivity index (χ3n) is 10.2. The van der Waals surface area contributed by atoms with E-state index in [1.165, 1.54) is 24.5 Å². The molecule has 3 aliphatic rings. The maximum atomic E-state index is 12.9. The zero-order valence-corrected chi connectivity index (χ0v) is 27.2. The number of hydrogen-bond donors (Lipinski definition) is 1. The van der Waals surface area contributed by atoms with Gasteiger partial charge >= 0.3 is 6.09 Å². The van der Waals surface area contributed by atoms with Crippen molar-refractivity contribution in [3.63, 3.8) is 0 Å². The van der Waals surface area contributed by atoms with E-state index in [0.717, 1.165) is 76.1 Å². The Kier molecular flexibility index (Phi) is 9.62. The number of pyridine rings is 1. The van der Waals surface area contributed by atoms with Crippen LogP contribution in [-0.4, -0.2) is 69.8 Å². The average molecular weight is 642 g/mol. The minimum absolute atomic E-state index is 0.0367. The third-order valence-corrected chi connectivity index (χ3v) is 12.0. The fourth-order valence-corrected chi connectivity index (χ4v) is 9.19. The summed E-state index contributed by atoms with van der Waals surface area (Å²) >= 11 is 0. The number of sulfone groups is 1. The molecule has 242 valence electrons. The molecule has 2 aromatic carbocycles. The Morgan fingerprint density at radius 2 is 1.65 bits per heavy atom. The number of nitriles is 1. The van der Waals surface area contributed by atoms with Gasteiger partial charge in [-0.15, -0.1) is 0 Å². The number of anilines is 1. The molecule has 3 atom stereocenters. The summed E-state index contributed by atoms with van der Waals surface area (Å²) < 4.78 is 31.8. The van der Waals surface area contributed by atoms with E-state index in [4.69, 9.17) is 4.74 Å². The van der Waals surface area contributed by atoms with E-state index in [0.29, 0.717) is 12.5 Å². The Bertz CT molecular complexity index is 1620. The van der Waals surface area contributed by atoms with Crippen LogP contribution < -0.4 is 10.2 Å². The van der Waals surface area contributed by atoms with Crippen molar-refractivity contribution < 1.29 is 17.9 Å². The normalized spacial score (nSPS) is 22.4. The van der Waals surface area contributed by atoms with Crippen LogP contribution >= 0.6 is 0 Å². The number of carbonyl (C=O) groups is 1. The van der Waals surface area contributed by atoms with Crippen molar-refractivity contribution in [3.05, 3.63) is 84.7 Å². The molecule has 6 rings (SSSR count). The highest BCUT2D eigenvalue weighted by Crippen LogP contribution is 2.51. The van der Waals surface area contributed by atoms with Gasteiger partial charge in [0.05, 0.1) is 21.3 Å². The lowest BCUT2D eigenvalue weighted by atomic mass is 9.59. The Hall–Kier alpha value is -3.94. The number of nitrogens with zero attached hydrogens (tertiary/aromatic N) is 4. The van der Waals surface area contributed by atoms with Crippen molar-refractivity contribution >= 4 is 21.6 Å². The molecule has 10 heteroatoms. The first kappa shape index (κ1) is 32.0. The smallest absolute Gasteiger partial charge is 0.407 e. The summed E-state index contributed by atoms with van der Waals surface area (Å²) in [5, 5.41) is 13.7. The highest BCUT2D eigenvalue weighted by atomic mass is 32.2. The summed E-state index contributed by atoms with van der Waals surface area (Å²) in [5.41, 5.74) is 1.37. The molecule has 3 aromatic rings. The van der Waals surface area contributed by atoms with Crippen molar-refractivity contribution in [2.45, 2.75) is 60.3 Å². The van der Waals surface area contributed by atoms with Crippen LogP contribution in [-0.2, 0) is 20.0 Å². The van der Waals surface area contributed by atoms with Gasteiger partial charge in [-0.05, 0) is 100.0 Å². The highest BCUT2D eigenvalue weighted by molar-refractivity contribution is 7.91. The zero-order valence-electron chi connectivity index (χ0n) is 26.4. The summed E-state index contributed by atoms with van der Waals surface area (Å²) in [6.45, 7) is 7.14. The van der Waals surface area contributed by atoms with Crippen LogP contribution in [0.2, 0.25) is 0 Å². The monoisotopic (exact) mass is 641 g/mol. The topological polar surface area (TPSA) is 116 Å². The van der Waals surface area contributed by atoms with Crippen molar-refractivity contribution in [2.75, 3.05) is 44.2 Å². The molecule has 1 aromatic heterocycles. The lowest BCUT2D eigenvalue weighted by Crippen LogP contribution is -2.54. The number of alkyl carbamates (subject to hydrolysis) is 1. The van der Waals surface area contributed by atoms with E-state index in [2.05, 4.69) is 38.3 Å². The molecule has 46 heavy (non-hydrogen) atoms. The van der Waals surface area contributed by atoms with Gasteiger partial charge in [-0.2, -0.15) is 5.26 Å². The fourth-order valence-electron chi connectivity index (χ4n) is 7.94. The van der Waals surface area contributed by atoms with Crippen LogP contribution in [0.15, 0.2) is 88.9 Å². The standard InChI is InChI=1S/C36H43N5O4S/c1-2-39-35(42)45-34-10-6-9-33(34)36(26-37,28-7-4-3-5-8-28)29-17-21-40(22-18-29)23-27-24-41(25-27)30-11-13-31(14-12-30)46(43,44)32-15-19-38-20-16-32/h3-5,7-8,11-16,19-20,27,29,33-34H,2,6,9-10,17-18,21-25H2,1H3,(H,39,42). The van der Waals surface area contributed by atoms with Crippen molar-refractivity contribution in [2.24, 2.45) is 17.8 Å². The molecule has 1 aliphatic carbocycles. The number of ether oxygens (including phenoxy) is 1. The molecule has 9 nitrogen and oxygen atoms in total. The molecular formula is C36H43N5O4S. The lowest BCUT2D eigenvalue weighted by Gasteiger charge is -2.48. The van der Waals surface area contributed by atoms with Gasteiger partial charge in [0.15, 0.2) is 0 Å². The number of amides is 1. The second-order valence-corrected chi connectivity index (χ2v) is 14.8. The molecule has 3 fully saturated rings. The van der Waals surface area contributed by atoms with Gasteiger partial charge in [-0.3, -0.25) is 4.98 Å². The van der Waals surface area contributed by atoms with Crippen LogP contribution in [0, 0.1) is 29.1 Å². The Balaban J connectivity index is 1.07. The SMILES string of the molecule is CCNC(=O)OC1CCCC1C(C#N)(c1ccccc1)C1CCN(CC2CN(c3ccc(S(=O)(=O)c4ccncc4)cc3)C2)CC1. The highest BCUT2D eigenvalue weighted by Gasteiger charge is 2.53. The van der Waals surface area contributed by atoms with E-state index in [1.54, 1.807) is 12.1 Å². The summed E-state index contributed by atoms with van der Waals surface area (Å²) in [7, 11) is -3.56. The lowest BCUT2D eigenvalue weighted by molar-refractivity contribution is 0.0301. The second kappa shape index (κ2) is 13.8. The maximum Gasteiger partial charge on any atom is 0.407 e. The van der Waals surface area contributed by atoms with E-state index < -0.39 is 21.3 Å². The summed E-state index contributed by atoms with van der Waals surface area (Å²) in [4.78, 5) is 21.7. The Labute approximate surface area is 272 Å². The number of rotatable bonds is 10. The molecular weight excluding hydrogens is 598 g/mol. The summed E-state index contributed by atoms with van der Waals surface area (Å²) in [5.74, 6) is 0.682. The minimum atomic E-state index is -3.56. The molecule has 1 saturated carbocycles. The fraction of sp³-hybridized carbons (Fsp3) is 0.472. The molecule has 3 heterocycles. The predicted molar refractivity (Wildman–Crippen MR) is 176 cm³/mol. The molecule has 2 aliphatic heterocycles. The van der Waals surface area contributed by atoms with Gasteiger partial charge in [0.1, 0.15) is 6.10 Å². The summed E-state index contributed by atoms with van der Waals surface area (Å²) in [6.07, 6.45) is 6.79. The quantitative estimate of drug-likeness (QED) is 0.311. The van der Waals surface area contributed by atoms with Crippen LogP contribution in [0.4, 0.5) is 10.5 Å². The van der Waals surface area contributed by atoms with E-state index in [-0.39, 0.29) is 27.7 Å². The number of hydrogen-bond acceptors (Lipinski definition) is 8. The third kappa shape index (κ3) is 6.36. The molecule has 3 unspecified atom stereocenters. The first-order chi connectivity index (χ1) is 22.3. The number of carbonyl (C=O) groups excluding carboxylic acids is 1. The van der Waals surface area contributed by atoms with Gasteiger partial charge in [0, 0.05) is 56.1 Å². The van der Waals surface area contributed by atoms with Gasteiger partial charge < -0.3 is 19.9 Å². The number of piperidine rings is 1. The van der Waals surface area contributed by atoms with Gasteiger partial charge in [-0.1, -0.05) is 30.3 Å². The largest absolute Gasteiger partial charge is 0.446 e. The number of benzene rings is 2. The van der Waals surface area contributed by atoms with Crippen molar-refractivity contribution in [1.82, 2.24) is 15.2 Å². The van der Waals surface area contributed by atoms with Crippen LogP contribution in [0.3, 0.4) is 0 Å². The summed E-state index contributed by atoms with van der Waals surface area (Å²) in [6, 6.07) is 23.2. The number of likely N-dealkylation sites (tertiary alicyclic amines) is 1. The minimum Gasteiger partial charge on any atom is -0.446 e. The van der Waals surface area contributed by atoms with Gasteiger partial charge in [-0.25, -0.2) is 13.2 Å². The maximum absolute atomic E-state index is 12.9. The molecule has 0 spiro atoms. The van der Waals surface area contributed by atoms with Crippen LogP contribution in [0.25, 0.3) is 0 Å². The first-order valence-corrected chi connectivity index (χ1v) is 18.0. The van der Waals surface area contributed by atoms with Gasteiger partial charge in [0.2, 0.25) is 9.84 Å². The Morgan fingerprint density at radius 1 is 0.978 bits per heavy atom. The molecule has 2 saturated heterocycles. The van der Waals surface area contributed by atoms with Crippen LogP contribution in [0.5, 0.6) is 0 Å². The first-order valence-electron chi connectivity index (χ1n) is 16.5. The Morgan fingerprint density at radius 3 is 2.30 bits per heavy atom. The van der Waals surface area contributed by atoms with Crippen molar-refractivity contribution in [3.8, 4) is 6.07 Å². The van der Waals surface area contributed by atoms with E-state index >= 15 is 0 Å². The number of nitrogens with one attached hydrogen (secondary N) is 1.